The molecule has 1 atom stereocenters. The normalized spacial score (nSPS) is 20.3. The van der Waals surface area contributed by atoms with Gasteiger partial charge >= 0.3 is 0 Å². The van der Waals surface area contributed by atoms with E-state index in [1.54, 1.807) is 25.5 Å². The second-order valence-electron chi connectivity index (χ2n) is 8.29. The molecule has 6 heteroatoms. The number of ether oxygens (including phenoxy) is 1. The van der Waals surface area contributed by atoms with Crippen molar-refractivity contribution in [2.45, 2.75) is 64.1 Å². The van der Waals surface area contributed by atoms with Gasteiger partial charge in [0.05, 0.1) is 19.2 Å². The molecule has 156 valence electrons. The van der Waals surface area contributed by atoms with Crippen LogP contribution < -0.4 is 10.1 Å². The number of likely N-dealkylation sites (N-methyl/N-ethyl adjacent to an activating group) is 1. The van der Waals surface area contributed by atoms with Crippen molar-refractivity contribution in [3.63, 3.8) is 0 Å². The molecule has 1 N–H and O–H groups in total. The van der Waals surface area contributed by atoms with Gasteiger partial charge in [-0.05, 0) is 48.4 Å². The minimum Gasteiger partial charge on any atom is -0.497 e. The van der Waals surface area contributed by atoms with Crippen LogP contribution in [0.2, 0.25) is 0 Å². The number of fused-ring (bicyclic) bond motifs is 1. The van der Waals surface area contributed by atoms with Crippen LogP contribution in [0.5, 0.6) is 5.75 Å². The molecule has 0 saturated heterocycles. The number of thiazole rings is 1. The van der Waals surface area contributed by atoms with Crippen LogP contribution in [0.4, 0.5) is 0 Å². The molecule has 5 nitrogen and oxygen atoms in total. The molecule has 1 saturated carbocycles. The summed E-state index contributed by atoms with van der Waals surface area (Å²) >= 11 is 1.59. The van der Waals surface area contributed by atoms with Crippen molar-refractivity contribution in [2.75, 3.05) is 14.2 Å². The fourth-order valence-corrected chi connectivity index (χ4v) is 5.64. The number of nitrogens with zero attached hydrogens (tertiary/aromatic N) is 2. The standard InChI is InChI=1S/C23H31N3O2S/c1-24-22(27)12-23-25-19(15-29-23)14-26-13-18-10-20(28-2)9-8-17(18)11-21(26)16-6-4-3-5-7-16/h8-10,15-16,21H,3-7,11-14H2,1-2H3,(H,24,27). The highest BCUT2D eigenvalue weighted by Crippen LogP contribution is 2.36. The molecule has 1 aromatic heterocycles. The maximum atomic E-state index is 11.7. The van der Waals surface area contributed by atoms with E-state index in [-0.39, 0.29) is 5.91 Å². The van der Waals surface area contributed by atoms with Crippen LogP contribution in [-0.2, 0) is 30.7 Å². The zero-order valence-corrected chi connectivity index (χ0v) is 18.3. The molecule has 0 spiro atoms. The van der Waals surface area contributed by atoms with Gasteiger partial charge in [-0.1, -0.05) is 25.3 Å². The lowest BCUT2D eigenvalue weighted by Crippen LogP contribution is -2.45. The number of nitrogens with one attached hydrogen (secondary N) is 1. The van der Waals surface area contributed by atoms with Crippen LogP contribution >= 0.6 is 11.3 Å². The molecule has 1 aromatic carbocycles. The summed E-state index contributed by atoms with van der Waals surface area (Å²) < 4.78 is 5.46. The second-order valence-corrected chi connectivity index (χ2v) is 9.23. The summed E-state index contributed by atoms with van der Waals surface area (Å²) in [5.74, 6) is 1.72. The van der Waals surface area contributed by atoms with Crippen LogP contribution in [0.15, 0.2) is 23.6 Å². The molecule has 2 aliphatic rings. The predicted molar refractivity (Wildman–Crippen MR) is 116 cm³/mol. The Morgan fingerprint density at radius 3 is 2.86 bits per heavy atom. The zero-order valence-electron chi connectivity index (χ0n) is 17.4. The number of carbonyl (C=O) groups excluding carboxylic acids is 1. The van der Waals surface area contributed by atoms with E-state index in [0.29, 0.717) is 12.5 Å². The van der Waals surface area contributed by atoms with Gasteiger partial charge in [-0.25, -0.2) is 4.98 Å². The average Bonchev–Trinajstić information content (AvgIpc) is 3.19. The van der Waals surface area contributed by atoms with E-state index in [0.717, 1.165) is 41.9 Å². The minimum absolute atomic E-state index is 0.0185. The first-order valence-corrected chi connectivity index (χ1v) is 11.6. The Hall–Kier alpha value is -1.92. The van der Waals surface area contributed by atoms with Crippen molar-refractivity contribution in [3.8, 4) is 5.75 Å². The summed E-state index contributed by atoms with van der Waals surface area (Å²) in [4.78, 5) is 19.0. The van der Waals surface area contributed by atoms with Crippen LogP contribution in [0.25, 0.3) is 0 Å². The van der Waals surface area contributed by atoms with E-state index < -0.39 is 0 Å². The van der Waals surface area contributed by atoms with Gasteiger partial charge in [0.25, 0.3) is 0 Å². The molecule has 1 unspecified atom stereocenters. The molecule has 1 fully saturated rings. The second kappa shape index (κ2) is 9.26. The Morgan fingerprint density at radius 2 is 2.10 bits per heavy atom. The minimum atomic E-state index is 0.0185. The molecular formula is C23H31N3O2S. The van der Waals surface area contributed by atoms with Gasteiger partial charge in [-0.15, -0.1) is 11.3 Å². The van der Waals surface area contributed by atoms with Gasteiger partial charge in [-0.2, -0.15) is 0 Å². The number of rotatable bonds is 6. The van der Waals surface area contributed by atoms with Crippen molar-refractivity contribution < 1.29 is 9.53 Å². The van der Waals surface area contributed by atoms with E-state index in [2.05, 4.69) is 33.8 Å². The number of hydrogen-bond acceptors (Lipinski definition) is 5. The topological polar surface area (TPSA) is 54.5 Å². The van der Waals surface area contributed by atoms with Gasteiger partial charge < -0.3 is 10.1 Å². The molecule has 2 aromatic rings. The van der Waals surface area contributed by atoms with E-state index in [4.69, 9.17) is 9.72 Å². The number of aromatic nitrogens is 1. The van der Waals surface area contributed by atoms with Crippen molar-refractivity contribution >= 4 is 17.2 Å². The number of hydrogen-bond donors (Lipinski definition) is 1. The van der Waals surface area contributed by atoms with Gasteiger partial charge in [0.2, 0.25) is 5.91 Å². The quantitative estimate of drug-likeness (QED) is 0.779. The number of amides is 1. The van der Waals surface area contributed by atoms with Gasteiger partial charge in [0, 0.05) is 31.6 Å². The molecule has 4 rings (SSSR count). The molecule has 2 heterocycles. The Morgan fingerprint density at radius 1 is 1.28 bits per heavy atom. The number of carbonyl (C=O) groups is 1. The molecule has 29 heavy (non-hydrogen) atoms. The third kappa shape index (κ3) is 4.81. The summed E-state index contributed by atoms with van der Waals surface area (Å²) in [5, 5.41) is 5.70. The van der Waals surface area contributed by atoms with Crippen molar-refractivity contribution in [1.82, 2.24) is 15.2 Å². The fraction of sp³-hybridized carbons (Fsp3) is 0.565. The van der Waals surface area contributed by atoms with Gasteiger partial charge in [0.1, 0.15) is 10.8 Å². The summed E-state index contributed by atoms with van der Waals surface area (Å²) in [5.41, 5.74) is 3.93. The SMILES string of the molecule is CNC(=O)Cc1nc(CN2Cc3cc(OC)ccc3CC2C2CCCCC2)cs1. The van der Waals surface area contributed by atoms with E-state index in [9.17, 15) is 4.79 Å². The van der Waals surface area contributed by atoms with E-state index >= 15 is 0 Å². The Balaban J connectivity index is 1.55. The van der Waals surface area contributed by atoms with Crippen LogP contribution in [0, 0.1) is 5.92 Å². The van der Waals surface area contributed by atoms with Crippen LogP contribution in [0.3, 0.4) is 0 Å². The van der Waals surface area contributed by atoms with Gasteiger partial charge in [0.15, 0.2) is 0 Å². The first-order valence-electron chi connectivity index (χ1n) is 10.7. The Kier molecular flexibility index (Phi) is 6.50. The maximum Gasteiger partial charge on any atom is 0.226 e. The lowest BCUT2D eigenvalue weighted by molar-refractivity contribution is -0.119. The Labute approximate surface area is 177 Å². The summed E-state index contributed by atoms with van der Waals surface area (Å²) in [6, 6.07) is 7.11. The van der Waals surface area contributed by atoms with E-state index in [1.807, 2.05) is 0 Å². The van der Waals surface area contributed by atoms with Crippen molar-refractivity contribution in [1.29, 1.82) is 0 Å². The summed E-state index contributed by atoms with van der Waals surface area (Å²) in [6.45, 7) is 1.79. The van der Waals surface area contributed by atoms with Crippen LogP contribution in [-0.4, -0.2) is 36.0 Å². The van der Waals surface area contributed by atoms with Gasteiger partial charge in [-0.3, -0.25) is 9.69 Å². The van der Waals surface area contributed by atoms with E-state index in [1.165, 1.54) is 43.2 Å². The van der Waals surface area contributed by atoms with Crippen molar-refractivity contribution in [2.24, 2.45) is 5.92 Å². The lowest BCUT2D eigenvalue weighted by Gasteiger charge is -2.42. The molecule has 0 bridgehead atoms. The van der Waals surface area contributed by atoms with Crippen molar-refractivity contribution in [3.05, 3.63) is 45.4 Å². The van der Waals surface area contributed by atoms with Crippen LogP contribution in [0.1, 0.15) is 53.9 Å². The maximum absolute atomic E-state index is 11.7. The zero-order chi connectivity index (χ0) is 20.2. The third-order valence-corrected chi connectivity index (χ3v) is 7.33. The molecule has 1 aliphatic heterocycles. The summed E-state index contributed by atoms with van der Waals surface area (Å²) in [6.07, 6.45) is 8.25. The molecule has 0 radical (unpaired) electrons. The summed E-state index contributed by atoms with van der Waals surface area (Å²) in [7, 11) is 3.40. The predicted octanol–water partition coefficient (Wildman–Crippen LogP) is 3.95. The highest BCUT2D eigenvalue weighted by atomic mass is 32.1. The fourth-order valence-electron chi connectivity index (χ4n) is 4.86. The first-order chi connectivity index (χ1) is 14.2. The monoisotopic (exact) mass is 413 g/mol. The molecule has 1 amide bonds. The lowest BCUT2D eigenvalue weighted by atomic mass is 9.78. The largest absolute Gasteiger partial charge is 0.497 e. The first kappa shape index (κ1) is 20.4. The smallest absolute Gasteiger partial charge is 0.226 e. The number of benzene rings is 1. The number of methoxy groups -OCH3 is 1. The molecule has 1 aliphatic carbocycles. The Bertz CT molecular complexity index is 844. The highest BCUT2D eigenvalue weighted by Gasteiger charge is 2.33. The molecular weight excluding hydrogens is 382 g/mol. The highest BCUT2D eigenvalue weighted by molar-refractivity contribution is 7.09. The average molecular weight is 414 g/mol. The third-order valence-electron chi connectivity index (χ3n) is 6.43.